The molecule has 1 unspecified atom stereocenters. The molecule has 83 valence electrons. The average Bonchev–Trinajstić information content (AvgIpc) is 2.35. The van der Waals surface area contributed by atoms with Crippen LogP contribution < -0.4 is 0 Å². The highest BCUT2D eigenvalue weighted by atomic mass is 16.5. The van der Waals surface area contributed by atoms with Gasteiger partial charge in [-0.05, 0) is 22.8 Å². The highest BCUT2D eigenvalue weighted by Crippen LogP contribution is 2.28. The van der Waals surface area contributed by atoms with Crippen LogP contribution in [0.4, 0.5) is 0 Å². The fourth-order valence-electron chi connectivity index (χ4n) is 2.12. The lowest BCUT2D eigenvalue weighted by Gasteiger charge is -2.17. The van der Waals surface area contributed by atoms with Crippen molar-refractivity contribution >= 4 is 10.8 Å². The zero-order chi connectivity index (χ0) is 11.4. The Balaban J connectivity index is 2.50. The maximum Gasteiger partial charge on any atom is 0.0827 e. The summed E-state index contributed by atoms with van der Waals surface area (Å²) in [6, 6.07) is 14.8. The van der Waals surface area contributed by atoms with Crippen LogP contribution in [-0.4, -0.2) is 7.11 Å². The van der Waals surface area contributed by atoms with E-state index in [1.54, 1.807) is 7.11 Å². The fourth-order valence-corrected chi connectivity index (χ4v) is 2.12. The standard InChI is InChI=1S/C15H17O/c1-3-7-15(16-2)14-11-6-9-12-8-4-5-10-13(12)14/h4-6,8-11,15H,1,3,7H2,2H3. The summed E-state index contributed by atoms with van der Waals surface area (Å²) in [5.74, 6) is 0. The van der Waals surface area contributed by atoms with E-state index >= 15 is 0 Å². The van der Waals surface area contributed by atoms with E-state index in [-0.39, 0.29) is 6.10 Å². The summed E-state index contributed by atoms with van der Waals surface area (Å²) in [6.45, 7) is 3.90. The van der Waals surface area contributed by atoms with E-state index in [9.17, 15) is 0 Å². The number of hydrogen-bond acceptors (Lipinski definition) is 1. The summed E-state index contributed by atoms with van der Waals surface area (Å²) in [7, 11) is 1.77. The molecular formula is C15H17O. The molecule has 0 aliphatic heterocycles. The van der Waals surface area contributed by atoms with Gasteiger partial charge in [-0.3, -0.25) is 0 Å². The van der Waals surface area contributed by atoms with Crippen LogP contribution >= 0.6 is 0 Å². The molecule has 0 aliphatic rings. The van der Waals surface area contributed by atoms with Crippen molar-refractivity contribution in [2.75, 3.05) is 7.11 Å². The zero-order valence-corrected chi connectivity index (χ0v) is 9.65. The van der Waals surface area contributed by atoms with Crippen LogP contribution in [0.1, 0.15) is 24.5 Å². The average molecular weight is 213 g/mol. The molecule has 16 heavy (non-hydrogen) atoms. The molecule has 0 spiro atoms. The van der Waals surface area contributed by atoms with Gasteiger partial charge in [-0.1, -0.05) is 55.8 Å². The molecule has 0 fully saturated rings. The third-order valence-corrected chi connectivity index (χ3v) is 2.92. The lowest BCUT2D eigenvalue weighted by Crippen LogP contribution is -2.01. The quantitative estimate of drug-likeness (QED) is 0.741. The molecule has 1 atom stereocenters. The third-order valence-electron chi connectivity index (χ3n) is 2.92. The number of fused-ring (bicyclic) bond motifs is 1. The molecule has 0 N–H and O–H groups in total. The van der Waals surface area contributed by atoms with Crippen molar-refractivity contribution in [3.05, 3.63) is 55.0 Å². The molecule has 1 nitrogen and oxygen atoms in total. The van der Waals surface area contributed by atoms with E-state index in [2.05, 4.69) is 49.4 Å². The van der Waals surface area contributed by atoms with Gasteiger partial charge in [-0.15, -0.1) is 0 Å². The van der Waals surface area contributed by atoms with Crippen molar-refractivity contribution in [3.63, 3.8) is 0 Å². The Morgan fingerprint density at radius 2 is 1.88 bits per heavy atom. The summed E-state index contributed by atoms with van der Waals surface area (Å²) in [6.07, 6.45) is 2.01. The SMILES string of the molecule is [CH2]CCC(OC)c1cccc2ccccc12. The summed E-state index contributed by atoms with van der Waals surface area (Å²) >= 11 is 0. The van der Waals surface area contributed by atoms with Crippen molar-refractivity contribution in [3.8, 4) is 0 Å². The largest absolute Gasteiger partial charge is 0.377 e. The zero-order valence-electron chi connectivity index (χ0n) is 9.65. The molecule has 0 saturated carbocycles. The Morgan fingerprint density at radius 1 is 1.12 bits per heavy atom. The normalized spacial score (nSPS) is 12.9. The van der Waals surface area contributed by atoms with Crippen LogP contribution in [0.5, 0.6) is 0 Å². The molecule has 2 rings (SSSR count). The number of rotatable bonds is 4. The first-order chi connectivity index (χ1) is 7.86. The molecule has 1 heteroatoms. The monoisotopic (exact) mass is 213 g/mol. The number of hydrogen-bond donors (Lipinski definition) is 0. The summed E-state index contributed by atoms with van der Waals surface area (Å²) < 4.78 is 5.54. The van der Waals surface area contributed by atoms with Crippen LogP contribution in [0.25, 0.3) is 10.8 Å². The van der Waals surface area contributed by atoms with Gasteiger partial charge in [0, 0.05) is 7.11 Å². The minimum atomic E-state index is 0.156. The van der Waals surface area contributed by atoms with Gasteiger partial charge in [0.15, 0.2) is 0 Å². The van der Waals surface area contributed by atoms with Gasteiger partial charge in [0.1, 0.15) is 0 Å². The molecular weight excluding hydrogens is 196 g/mol. The molecule has 0 amide bonds. The van der Waals surface area contributed by atoms with E-state index in [1.165, 1.54) is 16.3 Å². The Bertz CT molecular complexity index is 456. The maximum absolute atomic E-state index is 5.54. The Hall–Kier alpha value is -1.34. The van der Waals surface area contributed by atoms with Gasteiger partial charge in [0.25, 0.3) is 0 Å². The van der Waals surface area contributed by atoms with Crippen molar-refractivity contribution in [1.82, 2.24) is 0 Å². The Kier molecular flexibility index (Phi) is 3.58. The smallest absolute Gasteiger partial charge is 0.0827 e. The number of benzene rings is 2. The van der Waals surface area contributed by atoms with Crippen molar-refractivity contribution in [2.45, 2.75) is 18.9 Å². The maximum atomic E-state index is 5.54. The predicted octanol–water partition coefficient (Wildman–Crippen LogP) is 4.14. The van der Waals surface area contributed by atoms with Crippen LogP contribution in [0, 0.1) is 6.92 Å². The second-order valence-electron chi connectivity index (χ2n) is 3.93. The second-order valence-corrected chi connectivity index (χ2v) is 3.93. The lowest BCUT2D eigenvalue weighted by molar-refractivity contribution is 0.0976. The Labute approximate surface area is 97.1 Å². The first-order valence-corrected chi connectivity index (χ1v) is 5.66. The van der Waals surface area contributed by atoms with Gasteiger partial charge < -0.3 is 4.74 Å². The van der Waals surface area contributed by atoms with Crippen molar-refractivity contribution in [1.29, 1.82) is 0 Å². The van der Waals surface area contributed by atoms with E-state index in [0.717, 1.165) is 12.8 Å². The highest BCUT2D eigenvalue weighted by molar-refractivity contribution is 5.85. The second kappa shape index (κ2) is 5.13. The summed E-state index contributed by atoms with van der Waals surface area (Å²) in [5.41, 5.74) is 1.27. The first kappa shape index (κ1) is 11.2. The first-order valence-electron chi connectivity index (χ1n) is 5.66. The fraction of sp³-hybridized carbons (Fsp3) is 0.267. The van der Waals surface area contributed by atoms with E-state index in [4.69, 9.17) is 4.74 Å². The predicted molar refractivity (Wildman–Crippen MR) is 68.3 cm³/mol. The number of methoxy groups -OCH3 is 1. The molecule has 2 aromatic carbocycles. The van der Waals surface area contributed by atoms with Crippen molar-refractivity contribution in [2.24, 2.45) is 0 Å². The molecule has 0 aromatic heterocycles. The van der Waals surface area contributed by atoms with E-state index in [1.807, 2.05) is 0 Å². The minimum Gasteiger partial charge on any atom is -0.377 e. The van der Waals surface area contributed by atoms with Gasteiger partial charge >= 0.3 is 0 Å². The van der Waals surface area contributed by atoms with E-state index < -0.39 is 0 Å². The van der Waals surface area contributed by atoms with E-state index in [0.29, 0.717) is 0 Å². The van der Waals surface area contributed by atoms with Crippen LogP contribution in [0.2, 0.25) is 0 Å². The molecule has 2 aromatic rings. The van der Waals surface area contributed by atoms with Crippen LogP contribution in [0.15, 0.2) is 42.5 Å². The number of ether oxygens (including phenoxy) is 1. The molecule has 1 radical (unpaired) electrons. The van der Waals surface area contributed by atoms with Crippen LogP contribution in [-0.2, 0) is 4.74 Å². The Morgan fingerprint density at radius 3 is 2.62 bits per heavy atom. The van der Waals surface area contributed by atoms with Crippen molar-refractivity contribution < 1.29 is 4.74 Å². The molecule has 0 saturated heterocycles. The molecule has 0 heterocycles. The lowest BCUT2D eigenvalue weighted by atomic mass is 9.98. The minimum absolute atomic E-state index is 0.156. The van der Waals surface area contributed by atoms with Gasteiger partial charge in [-0.25, -0.2) is 0 Å². The topological polar surface area (TPSA) is 9.23 Å². The third kappa shape index (κ3) is 2.10. The van der Waals surface area contributed by atoms with Crippen LogP contribution in [0.3, 0.4) is 0 Å². The van der Waals surface area contributed by atoms with Gasteiger partial charge in [0.2, 0.25) is 0 Å². The highest BCUT2D eigenvalue weighted by Gasteiger charge is 2.11. The molecule has 0 aliphatic carbocycles. The summed E-state index contributed by atoms with van der Waals surface area (Å²) in [5, 5.41) is 2.55. The summed E-state index contributed by atoms with van der Waals surface area (Å²) in [4.78, 5) is 0. The van der Waals surface area contributed by atoms with Gasteiger partial charge in [0.05, 0.1) is 6.10 Å². The molecule has 0 bridgehead atoms. The van der Waals surface area contributed by atoms with Gasteiger partial charge in [-0.2, -0.15) is 0 Å².